The van der Waals surface area contributed by atoms with Crippen LogP contribution in [0.5, 0.6) is 11.5 Å². The topological polar surface area (TPSA) is 45.7 Å². The van der Waals surface area contributed by atoms with Crippen molar-refractivity contribution >= 4 is 76.5 Å². The number of ether oxygens (including phenoxy) is 1. The third-order valence-electron chi connectivity index (χ3n) is 10.6. The molecule has 7 nitrogen and oxygen atoms in total. The first-order chi connectivity index (χ1) is 25.6. The molecule has 0 aliphatic heterocycles. The number of imidazole rings is 1. The minimum atomic E-state index is 0. The maximum Gasteiger partial charge on any atom is 0.242 e. The average Bonchev–Trinajstić information content (AvgIpc) is 3.89. The van der Waals surface area contributed by atoms with Crippen molar-refractivity contribution in [1.29, 1.82) is 0 Å². The van der Waals surface area contributed by atoms with Crippen LogP contribution in [0.4, 0.5) is 0 Å². The van der Waals surface area contributed by atoms with Gasteiger partial charge in [0.15, 0.2) is 0 Å². The molecule has 0 unspecified atom stereocenters. The van der Waals surface area contributed by atoms with E-state index in [1.165, 1.54) is 49.0 Å². The second-order valence-corrected chi connectivity index (χ2v) is 13.4. The summed E-state index contributed by atoms with van der Waals surface area (Å²) in [5, 5.41) is 7.08. The van der Waals surface area contributed by atoms with E-state index in [2.05, 4.69) is 119 Å². The van der Waals surface area contributed by atoms with Crippen LogP contribution in [0, 0.1) is 18.5 Å². The van der Waals surface area contributed by atoms with Gasteiger partial charge in [-0.2, -0.15) is 18.2 Å². The molecule has 5 aromatic heterocycles. The fraction of sp³-hybridized carbons (Fsp3) is 0.0667. The van der Waals surface area contributed by atoms with Crippen LogP contribution < -0.4 is 9.30 Å². The van der Waals surface area contributed by atoms with Crippen LogP contribution in [-0.2, 0) is 42.2 Å². The number of para-hydroxylation sites is 4. The van der Waals surface area contributed by atoms with E-state index in [1.54, 1.807) is 0 Å². The molecule has 0 radical (unpaired) electrons. The Morgan fingerprint density at radius 2 is 1.21 bits per heavy atom. The van der Waals surface area contributed by atoms with Gasteiger partial charge in [-0.3, -0.25) is 0 Å². The van der Waals surface area contributed by atoms with Gasteiger partial charge in [-0.1, -0.05) is 77.9 Å². The molecule has 0 aliphatic rings. The molecule has 0 amide bonds. The largest absolute Gasteiger partial charge is 0.510 e. The van der Waals surface area contributed by atoms with Crippen molar-refractivity contribution in [1.82, 2.24) is 23.3 Å². The first kappa shape index (κ1) is 31.6. The number of aromatic nitrogens is 6. The Morgan fingerprint density at radius 1 is 0.566 bits per heavy atom. The molecule has 11 rings (SSSR count). The van der Waals surface area contributed by atoms with Crippen LogP contribution in [0.15, 0.2) is 128 Å². The van der Waals surface area contributed by atoms with Crippen molar-refractivity contribution in [2.75, 3.05) is 0 Å². The number of benzene rings is 6. The minimum absolute atomic E-state index is 0. The van der Waals surface area contributed by atoms with E-state index in [4.69, 9.17) is 9.72 Å². The van der Waals surface area contributed by atoms with Crippen LogP contribution in [0.2, 0.25) is 0 Å². The van der Waals surface area contributed by atoms with E-state index in [1.807, 2.05) is 70.9 Å². The third kappa shape index (κ3) is 4.38. The van der Waals surface area contributed by atoms with Crippen molar-refractivity contribution in [2.24, 2.45) is 21.1 Å². The van der Waals surface area contributed by atoms with E-state index < -0.39 is 0 Å². The molecule has 0 aliphatic carbocycles. The van der Waals surface area contributed by atoms with Gasteiger partial charge >= 0.3 is 0 Å². The molecule has 11 aromatic rings. The van der Waals surface area contributed by atoms with Gasteiger partial charge in [0.1, 0.15) is 5.82 Å². The molecule has 5 heterocycles. The minimum Gasteiger partial charge on any atom is -0.510 e. The van der Waals surface area contributed by atoms with Gasteiger partial charge in [-0.25, -0.2) is 4.98 Å². The van der Waals surface area contributed by atoms with Gasteiger partial charge in [0.2, 0.25) is 6.33 Å². The average molecular weight is 866 g/mol. The number of nitrogens with zero attached hydrogens (tertiary/aromatic N) is 6. The first-order valence-corrected chi connectivity index (χ1v) is 17.3. The summed E-state index contributed by atoms with van der Waals surface area (Å²) in [5.74, 6) is 2.01. The molecule has 258 valence electrons. The number of hydrogen-bond acceptors (Lipinski definition) is 2. The predicted molar refractivity (Wildman–Crippen MR) is 208 cm³/mol. The molecule has 0 fully saturated rings. The van der Waals surface area contributed by atoms with E-state index in [0.717, 1.165) is 39.0 Å². The zero-order valence-electron chi connectivity index (χ0n) is 29.0. The van der Waals surface area contributed by atoms with Gasteiger partial charge in [-0.15, -0.1) is 29.7 Å². The van der Waals surface area contributed by atoms with Crippen molar-refractivity contribution < 1.29 is 30.4 Å². The standard InChI is InChI=1S/C45H30N6O.Pt/c1-47-27-50(37-20-9-8-19-36(37)47)28-13-12-14-29(25-28)52-30-22-23-33-38(26-30)51(39-21-10-11-24-46-39)43-40(33)41-31-15-4-6-17-34(31)48(2)44(41)45-42(43)32-16-5-7-18-35(32)49(45)3;/h4-24H,1-3H3;/q-2;. The van der Waals surface area contributed by atoms with Crippen molar-refractivity contribution in [3.63, 3.8) is 0 Å². The van der Waals surface area contributed by atoms with E-state index in [-0.39, 0.29) is 21.1 Å². The molecule has 53 heavy (non-hydrogen) atoms. The van der Waals surface area contributed by atoms with Crippen LogP contribution in [0.25, 0.3) is 88.0 Å². The summed E-state index contributed by atoms with van der Waals surface area (Å²) in [5.41, 5.74) is 9.74. The quantitative estimate of drug-likeness (QED) is 0.131. The van der Waals surface area contributed by atoms with Crippen LogP contribution >= 0.6 is 0 Å². The van der Waals surface area contributed by atoms with E-state index >= 15 is 0 Å². The van der Waals surface area contributed by atoms with Crippen molar-refractivity contribution in [3.05, 3.63) is 146 Å². The van der Waals surface area contributed by atoms with Crippen molar-refractivity contribution in [2.45, 2.75) is 0 Å². The number of aryl methyl sites for hydroxylation is 3. The maximum atomic E-state index is 6.59. The van der Waals surface area contributed by atoms with Crippen molar-refractivity contribution in [3.8, 4) is 23.0 Å². The third-order valence-corrected chi connectivity index (χ3v) is 10.6. The molecule has 0 N–H and O–H groups in total. The Bertz CT molecular complexity index is 3260. The Balaban J connectivity index is 0.00000349. The summed E-state index contributed by atoms with van der Waals surface area (Å²) in [6.45, 7) is 0. The van der Waals surface area contributed by atoms with E-state index in [0.29, 0.717) is 11.5 Å². The zero-order chi connectivity index (χ0) is 34.7. The summed E-state index contributed by atoms with van der Waals surface area (Å²) >= 11 is 0. The Kier molecular flexibility index (Phi) is 6.95. The van der Waals surface area contributed by atoms with Gasteiger partial charge in [-0.05, 0) is 29.7 Å². The fourth-order valence-corrected chi connectivity index (χ4v) is 8.41. The van der Waals surface area contributed by atoms with Gasteiger partial charge in [0.05, 0.1) is 34.6 Å². The number of hydrogen-bond donors (Lipinski definition) is 0. The SMILES string of the molecule is Cn1[c-][n+](-c2[c-]c(Oc3[c-]c4c(cc3)c3c5c6ccccc6n(C)c5c5c(c6ccccc6n5C)c3n4-c3ccccn3)ccc2)c2ccccc21.[Pt]. The number of pyridine rings is 1. The monoisotopic (exact) mass is 865 g/mol. The summed E-state index contributed by atoms with van der Waals surface area (Å²) < 4.78 is 17.6. The maximum absolute atomic E-state index is 6.59. The van der Waals surface area contributed by atoms with Crippen LogP contribution in [0.3, 0.4) is 0 Å². The van der Waals surface area contributed by atoms with Crippen LogP contribution in [0.1, 0.15) is 0 Å². The second-order valence-electron chi connectivity index (χ2n) is 13.4. The van der Waals surface area contributed by atoms with E-state index in [9.17, 15) is 0 Å². The second kappa shape index (κ2) is 11.7. The van der Waals surface area contributed by atoms with Gasteiger partial charge < -0.3 is 27.6 Å². The molecule has 6 aromatic carbocycles. The molecule has 0 saturated carbocycles. The Labute approximate surface area is 318 Å². The summed E-state index contributed by atoms with van der Waals surface area (Å²) in [6.07, 6.45) is 5.26. The number of rotatable bonds is 4. The first-order valence-electron chi connectivity index (χ1n) is 17.3. The summed E-state index contributed by atoms with van der Waals surface area (Å²) in [4.78, 5) is 4.92. The molecular formula is C45H30N6OPt-2. The fourth-order valence-electron chi connectivity index (χ4n) is 8.41. The molecule has 0 atom stereocenters. The predicted octanol–water partition coefficient (Wildman–Crippen LogP) is 9.43. The summed E-state index contributed by atoms with van der Waals surface area (Å²) in [6, 6.07) is 49.0. The molecule has 0 spiro atoms. The molecule has 0 saturated heterocycles. The molecular weight excluding hydrogens is 836 g/mol. The molecule has 0 bridgehead atoms. The normalized spacial score (nSPS) is 11.9. The Morgan fingerprint density at radius 3 is 1.96 bits per heavy atom. The Hall–Kier alpha value is -6.17. The van der Waals surface area contributed by atoms with Gasteiger partial charge in [0.25, 0.3) is 0 Å². The summed E-state index contributed by atoms with van der Waals surface area (Å²) in [7, 11) is 6.36. The van der Waals surface area contributed by atoms with Crippen LogP contribution in [-0.4, -0.2) is 23.3 Å². The number of fused-ring (bicyclic) bond motifs is 13. The smallest absolute Gasteiger partial charge is 0.242 e. The zero-order valence-corrected chi connectivity index (χ0v) is 31.3. The molecule has 8 heteroatoms. The van der Waals surface area contributed by atoms with Gasteiger partial charge in [0, 0.05) is 85.4 Å².